The Balaban J connectivity index is 2.52. The Morgan fingerprint density at radius 3 is 2.45 bits per heavy atom. The van der Waals surface area contributed by atoms with Crippen molar-refractivity contribution in [3.8, 4) is 0 Å². The molecule has 20 heavy (non-hydrogen) atoms. The third kappa shape index (κ3) is 6.44. The summed E-state index contributed by atoms with van der Waals surface area (Å²) in [6, 6.07) is 8.28. The van der Waals surface area contributed by atoms with Gasteiger partial charge in [0.1, 0.15) is 0 Å². The lowest BCUT2D eigenvalue weighted by Crippen LogP contribution is -2.09. The molecule has 6 nitrogen and oxygen atoms in total. The van der Waals surface area contributed by atoms with E-state index in [4.69, 9.17) is 4.74 Å². The summed E-state index contributed by atoms with van der Waals surface area (Å²) in [6.45, 7) is 5.05. The second-order valence-electron chi connectivity index (χ2n) is 4.27. The summed E-state index contributed by atoms with van der Waals surface area (Å²) in [4.78, 5) is 22.8. The maximum Gasteiger partial charge on any atom is 0.364 e. The molecule has 1 N–H and O–H groups in total. The van der Waals surface area contributed by atoms with E-state index in [9.17, 15) is 9.59 Å². The predicted molar refractivity (Wildman–Crippen MR) is 75.3 cm³/mol. The predicted octanol–water partition coefficient (Wildman–Crippen LogP) is 3.53. The summed E-state index contributed by atoms with van der Waals surface area (Å²) < 4.78 is 4.91. The quantitative estimate of drug-likeness (QED) is 0.518. The summed E-state index contributed by atoms with van der Waals surface area (Å²) in [5.41, 5.74) is 0.913. The number of carbonyl (C=O) groups is 2. The SMILES string of the molecule is C/C(=C\C(=O)OC(C)C)N=NC(=O)Nc1ccccc1. The number of azo groups is 1. The van der Waals surface area contributed by atoms with Crippen LogP contribution in [0.3, 0.4) is 0 Å². The standard InChI is InChI=1S/C14H17N3O3/c1-10(2)20-13(18)9-11(3)16-17-14(19)15-12-7-5-4-6-8-12/h4-10H,1-3H3,(H,15,19)/b11-9+,17-16?. The van der Waals surface area contributed by atoms with Crippen LogP contribution < -0.4 is 5.32 Å². The highest BCUT2D eigenvalue weighted by Gasteiger charge is 2.03. The van der Waals surface area contributed by atoms with Gasteiger partial charge in [0.15, 0.2) is 0 Å². The molecule has 1 aromatic carbocycles. The highest BCUT2D eigenvalue weighted by atomic mass is 16.5. The van der Waals surface area contributed by atoms with E-state index in [-0.39, 0.29) is 6.10 Å². The molecular formula is C14H17N3O3. The van der Waals surface area contributed by atoms with Crippen LogP contribution in [0.5, 0.6) is 0 Å². The van der Waals surface area contributed by atoms with Crippen molar-refractivity contribution in [2.45, 2.75) is 26.9 Å². The Morgan fingerprint density at radius 2 is 1.85 bits per heavy atom. The smallest absolute Gasteiger partial charge is 0.364 e. The van der Waals surface area contributed by atoms with E-state index in [0.717, 1.165) is 0 Å². The van der Waals surface area contributed by atoms with Crippen molar-refractivity contribution in [1.29, 1.82) is 0 Å². The molecule has 0 saturated heterocycles. The highest BCUT2D eigenvalue weighted by molar-refractivity contribution is 5.89. The molecule has 1 aromatic rings. The molecule has 0 heterocycles. The number of anilines is 1. The number of ether oxygens (including phenoxy) is 1. The van der Waals surface area contributed by atoms with Crippen LogP contribution in [0.15, 0.2) is 52.3 Å². The average molecular weight is 275 g/mol. The van der Waals surface area contributed by atoms with Gasteiger partial charge in [-0.1, -0.05) is 23.3 Å². The summed E-state index contributed by atoms with van der Waals surface area (Å²) >= 11 is 0. The van der Waals surface area contributed by atoms with Gasteiger partial charge in [0, 0.05) is 11.8 Å². The van der Waals surface area contributed by atoms with Crippen LogP contribution in [-0.2, 0) is 9.53 Å². The summed E-state index contributed by atoms with van der Waals surface area (Å²) in [5.74, 6) is -0.514. The molecule has 0 aliphatic heterocycles. The number of amides is 2. The first-order valence-electron chi connectivity index (χ1n) is 6.14. The van der Waals surface area contributed by atoms with Crippen molar-refractivity contribution >= 4 is 17.7 Å². The number of para-hydroxylation sites is 1. The maximum absolute atomic E-state index is 11.5. The Hall–Kier alpha value is -2.50. The van der Waals surface area contributed by atoms with E-state index in [1.165, 1.54) is 6.08 Å². The van der Waals surface area contributed by atoms with Gasteiger partial charge in [0.05, 0.1) is 11.8 Å². The maximum atomic E-state index is 11.5. The van der Waals surface area contributed by atoms with E-state index in [0.29, 0.717) is 11.4 Å². The minimum Gasteiger partial charge on any atom is -0.460 e. The number of esters is 1. The lowest BCUT2D eigenvalue weighted by atomic mass is 10.3. The third-order valence-corrected chi connectivity index (χ3v) is 2.00. The number of hydrogen-bond acceptors (Lipinski definition) is 4. The Labute approximate surface area is 117 Å². The monoisotopic (exact) mass is 275 g/mol. The van der Waals surface area contributed by atoms with Crippen molar-refractivity contribution in [3.05, 3.63) is 42.1 Å². The van der Waals surface area contributed by atoms with Gasteiger partial charge in [-0.15, -0.1) is 0 Å². The fourth-order valence-electron chi connectivity index (χ4n) is 1.26. The zero-order valence-electron chi connectivity index (χ0n) is 11.7. The second-order valence-corrected chi connectivity index (χ2v) is 4.27. The van der Waals surface area contributed by atoms with Gasteiger partial charge in [-0.3, -0.25) is 0 Å². The molecular weight excluding hydrogens is 258 g/mol. The second kappa shape index (κ2) is 7.83. The number of nitrogens with one attached hydrogen (secondary N) is 1. The molecule has 0 aliphatic carbocycles. The Kier molecular flexibility index (Phi) is 6.09. The molecule has 0 aliphatic rings. The van der Waals surface area contributed by atoms with Gasteiger partial charge >= 0.3 is 12.0 Å². The molecule has 0 fully saturated rings. The molecule has 106 valence electrons. The van der Waals surface area contributed by atoms with Crippen LogP contribution in [-0.4, -0.2) is 18.1 Å². The van der Waals surface area contributed by atoms with Crippen molar-refractivity contribution in [2.75, 3.05) is 5.32 Å². The number of allylic oxidation sites excluding steroid dienone is 1. The number of hydrogen-bond donors (Lipinski definition) is 1. The van der Waals surface area contributed by atoms with Crippen LogP contribution in [0.2, 0.25) is 0 Å². The molecule has 0 spiro atoms. The number of benzene rings is 1. The number of nitrogens with zero attached hydrogens (tertiary/aromatic N) is 2. The normalized spacial score (nSPS) is 11.7. The molecule has 0 aromatic heterocycles. The van der Waals surface area contributed by atoms with E-state index in [1.54, 1.807) is 45.0 Å². The van der Waals surface area contributed by atoms with Crippen LogP contribution in [0.25, 0.3) is 0 Å². The van der Waals surface area contributed by atoms with E-state index >= 15 is 0 Å². The first kappa shape index (κ1) is 15.6. The number of carbonyl (C=O) groups excluding carboxylic acids is 2. The summed E-state index contributed by atoms with van der Waals surface area (Å²) in [5, 5.41) is 9.63. The number of rotatable bonds is 4. The first-order valence-corrected chi connectivity index (χ1v) is 6.14. The van der Waals surface area contributed by atoms with Gasteiger partial charge in [-0.2, -0.15) is 5.11 Å². The lowest BCUT2D eigenvalue weighted by Gasteiger charge is -2.04. The minimum absolute atomic E-state index is 0.204. The van der Waals surface area contributed by atoms with E-state index in [1.807, 2.05) is 6.07 Å². The minimum atomic E-state index is -0.610. The Bertz CT molecular complexity index is 522. The highest BCUT2D eigenvalue weighted by Crippen LogP contribution is 2.06. The molecule has 1 rings (SSSR count). The Morgan fingerprint density at radius 1 is 1.20 bits per heavy atom. The molecule has 6 heteroatoms. The average Bonchev–Trinajstić information content (AvgIpc) is 2.36. The number of urea groups is 1. The summed E-state index contributed by atoms with van der Waals surface area (Å²) in [6.07, 6.45) is 0.976. The van der Waals surface area contributed by atoms with Crippen LogP contribution in [0.1, 0.15) is 20.8 Å². The van der Waals surface area contributed by atoms with E-state index in [2.05, 4.69) is 15.5 Å². The summed E-state index contributed by atoms with van der Waals surface area (Å²) in [7, 11) is 0. The van der Waals surface area contributed by atoms with E-state index < -0.39 is 12.0 Å². The van der Waals surface area contributed by atoms with Crippen molar-refractivity contribution < 1.29 is 14.3 Å². The van der Waals surface area contributed by atoms with Crippen molar-refractivity contribution in [1.82, 2.24) is 0 Å². The largest absolute Gasteiger partial charge is 0.460 e. The fourth-order valence-corrected chi connectivity index (χ4v) is 1.26. The van der Waals surface area contributed by atoms with Gasteiger partial charge in [0.2, 0.25) is 0 Å². The van der Waals surface area contributed by atoms with Gasteiger partial charge in [-0.05, 0) is 32.9 Å². The first-order chi connectivity index (χ1) is 9.47. The zero-order chi connectivity index (χ0) is 15.0. The zero-order valence-corrected chi connectivity index (χ0v) is 11.7. The fraction of sp³-hybridized carbons (Fsp3) is 0.286. The molecule has 2 amide bonds. The van der Waals surface area contributed by atoms with Crippen LogP contribution >= 0.6 is 0 Å². The van der Waals surface area contributed by atoms with Crippen LogP contribution in [0.4, 0.5) is 10.5 Å². The molecule has 0 unspecified atom stereocenters. The van der Waals surface area contributed by atoms with Crippen molar-refractivity contribution in [3.63, 3.8) is 0 Å². The van der Waals surface area contributed by atoms with Crippen LogP contribution in [0, 0.1) is 0 Å². The molecule has 0 atom stereocenters. The third-order valence-electron chi connectivity index (χ3n) is 2.00. The van der Waals surface area contributed by atoms with Crippen molar-refractivity contribution in [2.24, 2.45) is 10.2 Å². The molecule has 0 bridgehead atoms. The lowest BCUT2D eigenvalue weighted by molar-refractivity contribution is -0.141. The van der Waals surface area contributed by atoms with Gasteiger partial charge in [-0.25, -0.2) is 9.59 Å². The topological polar surface area (TPSA) is 80.1 Å². The van der Waals surface area contributed by atoms with Gasteiger partial charge < -0.3 is 10.1 Å². The molecule has 0 radical (unpaired) electrons. The van der Waals surface area contributed by atoms with Gasteiger partial charge in [0.25, 0.3) is 0 Å². The molecule has 0 saturated carbocycles.